The van der Waals surface area contributed by atoms with Gasteiger partial charge in [-0.15, -0.1) is 0 Å². The Balaban J connectivity index is 1.87. The van der Waals surface area contributed by atoms with Gasteiger partial charge < -0.3 is 9.84 Å². The van der Waals surface area contributed by atoms with Crippen LogP contribution in [-0.2, 0) is 4.74 Å². The van der Waals surface area contributed by atoms with E-state index in [-0.39, 0.29) is 6.23 Å². The number of carbonyl (C=O) groups is 1. The lowest BCUT2D eigenvalue weighted by Gasteiger charge is -2.23. The summed E-state index contributed by atoms with van der Waals surface area (Å²) >= 11 is 0. The minimum Gasteiger partial charge on any atom is -0.450 e. The molecule has 2 N–H and O–H groups in total. The molecule has 2 aliphatic rings. The highest BCUT2D eigenvalue weighted by molar-refractivity contribution is 5.57. The molecule has 2 rings (SSSR count). The summed E-state index contributed by atoms with van der Waals surface area (Å²) in [7, 11) is 0. The van der Waals surface area contributed by atoms with Crippen LogP contribution in [0.25, 0.3) is 0 Å². The van der Waals surface area contributed by atoms with Crippen molar-refractivity contribution in [1.29, 1.82) is 0 Å². The minimum atomic E-state index is -1.17. The first-order valence-corrected chi connectivity index (χ1v) is 4.91. The highest BCUT2D eigenvalue weighted by Crippen LogP contribution is 2.33. The first kappa shape index (κ1) is 8.81. The van der Waals surface area contributed by atoms with Gasteiger partial charge in [0.1, 0.15) is 0 Å². The van der Waals surface area contributed by atoms with Crippen molar-refractivity contribution < 1.29 is 14.6 Å². The van der Waals surface area contributed by atoms with Crippen molar-refractivity contribution in [1.82, 2.24) is 5.32 Å². The summed E-state index contributed by atoms with van der Waals surface area (Å²) in [6.45, 7) is 0. The Kier molecular flexibility index (Phi) is 2.40. The molecule has 1 heterocycles. The molecule has 1 saturated heterocycles. The zero-order valence-electron chi connectivity index (χ0n) is 7.53. The van der Waals surface area contributed by atoms with Crippen LogP contribution in [-0.4, -0.2) is 23.5 Å². The van der Waals surface area contributed by atoms with Crippen molar-refractivity contribution in [2.24, 2.45) is 5.92 Å². The number of hydrogen-bond donors (Lipinski definition) is 2. The highest BCUT2D eigenvalue weighted by atomic mass is 16.7. The van der Waals surface area contributed by atoms with Crippen LogP contribution in [0.1, 0.15) is 32.1 Å². The Hall–Kier alpha value is -0.770. The summed E-state index contributed by atoms with van der Waals surface area (Å²) < 4.78 is 4.71. The van der Waals surface area contributed by atoms with E-state index < -0.39 is 6.16 Å². The second-order valence-corrected chi connectivity index (χ2v) is 3.93. The zero-order valence-corrected chi connectivity index (χ0v) is 7.53. The lowest BCUT2D eigenvalue weighted by atomic mass is 9.85. The smallest absolute Gasteiger partial charge is 0.450 e. The minimum absolute atomic E-state index is 0.259. The summed E-state index contributed by atoms with van der Waals surface area (Å²) in [5.74, 6) is 0.637. The average molecular weight is 185 g/mol. The quantitative estimate of drug-likeness (QED) is 0.609. The van der Waals surface area contributed by atoms with Crippen molar-refractivity contribution in [3.63, 3.8) is 0 Å². The molecule has 4 nitrogen and oxygen atoms in total. The summed E-state index contributed by atoms with van der Waals surface area (Å²) in [4.78, 5) is 10.3. The van der Waals surface area contributed by atoms with Gasteiger partial charge in [0.2, 0.25) is 0 Å². The summed E-state index contributed by atoms with van der Waals surface area (Å²) in [6.07, 6.45) is 4.36. The fraction of sp³-hybridized carbons (Fsp3) is 0.889. The van der Waals surface area contributed by atoms with Crippen LogP contribution in [0, 0.1) is 5.92 Å². The lowest BCUT2D eigenvalue weighted by Crippen LogP contribution is -2.35. The van der Waals surface area contributed by atoms with E-state index in [1.54, 1.807) is 0 Å². The molecule has 4 heteroatoms. The molecule has 1 saturated carbocycles. The average Bonchev–Trinajstić information content (AvgIpc) is 2.44. The second-order valence-electron chi connectivity index (χ2n) is 3.93. The first-order valence-electron chi connectivity index (χ1n) is 4.91. The summed E-state index contributed by atoms with van der Waals surface area (Å²) in [5, 5.41) is 11.7. The van der Waals surface area contributed by atoms with Crippen LogP contribution in [0.5, 0.6) is 0 Å². The topological polar surface area (TPSA) is 58.6 Å². The normalized spacial score (nSPS) is 38.3. The largest absolute Gasteiger partial charge is 0.507 e. The monoisotopic (exact) mass is 185 g/mol. The lowest BCUT2D eigenvalue weighted by molar-refractivity contribution is 0.0430. The fourth-order valence-corrected chi connectivity index (χ4v) is 2.49. The second kappa shape index (κ2) is 3.54. The van der Waals surface area contributed by atoms with Crippen molar-refractivity contribution in [2.45, 2.75) is 44.4 Å². The third-order valence-corrected chi connectivity index (χ3v) is 3.07. The molecule has 0 aromatic heterocycles. The maximum absolute atomic E-state index is 10.3. The van der Waals surface area contributed by atoms with Crippen LogP contribution >= 0.6 is 0 Å². The Morgan fingerprint density at radius 3 is 2.85 bits per heavy atom. The van der Waals surface area contributed by atoms with Gasteiger partial charge in [-0.25, -0.2) is 4.79 Å². The molecule has 1 aliphatic heterocycles. The van der Waals surface area contributed by atoms with Crippen molar-refractivity contribution >= 4 is 6.16 Å². The predicted octanol–water partition coefficient (Wildman–Crippen LogP) is 1.56. The summed E-state index contributed by atoms with van der Waals surface area (Å²) in [6, 6.07) is 0.498. The van der Waals surface area contributed by atoms with Crippen LogP contribution in [0.2, 0.25) is 0 Å². The summed E-state index contributed by atoms with van der Waals surface area (Å²) in [5.41, 5.74) is 0. The number of nitrogens with one attached hydrogen (secondary N) is 1. The molecule has 2 fully saturated rings. The van der Waals surface area contributed by atoms with Crippen molar-refractivity contribution in [3.05, 3.63) is 0 Å². The standard InChI is InChI=1S/C9H15NO3/c11-9(12)13-8-5-6-3-1-2-4-7(6)10-8/h6-8,10H,1-5H2,(H,11,12)/t6-,7+,8+/m1/s1. The molecule has 0 aromatic carbocycles. The van der Waals surface area contributed by atoms with Crippen LogP contribution < -0.4 is 5.32 Å². The Morgan fingerprint density at radius 2 is 2.15 bits per heavy atom. The van der Waals surface area contributed by atoms with Crippen molar-refractivity contribution in [3.8, 4) is 0 Å². The van der Waals surface area contributed by atoms with E-state index in [0.717, 1.165) is 6.42 Å². The maximum atomic E-state index is 10.3. The van der Waals surface area contributed by atoms with Gasteiger partial charge in [-0.1, -0.05) is 12.8 Å². The van der Waals surface area contributed by atoms with E-state index in [1.165, 1.54) is 25.7 Å². The molecule has 74 valence electrons. The van der Waals surface area contributed by atoms with Crippen LogP contribution in [0.4, 0.5) is 4.79 Å². The maximum Gasteiger partial charge on any atom is 0.507 e. The van der Waals surface area contributed by atoms with Gasteiger partial charge in [-0.3, -0.25) is 5.32 Å². The van der Waals surface area contributed by atoms with E-state index >= 15 is 0 Å². The predicted molar refractivity (Wildman–Crippen MR) is 46.4 cm³/mol. The number of carboxylic acid groups (broad SMARTS) is 1. The number of rotatable bonds is 1. The van der Waals surface area contributed by atoms with E-state index in [0.29, 0.717) is 12.0 Å². The van der Waals surface area contributed by atoms with Gasteiger partial charge in [-0.05, 0) is 18.8 Å². The molecular weight excluding hydrogens is 170 g/mol. The molecule has 3 atom stereocenters. The number of hydrogen-bond acceptors (Lipinski definition) is 3. The Bertz CT molecular complexity index is 193. The SMILES string of the molecule is O=C(O)O[C@H]1C[C@H]2CCCC[C@@H]2N1. The van der Waals surface area contributed by atoms with E-state index in [4.69, 9.17) is 9.84 Å². The molecule has 0 radical (unpaired) electrons. The molecule has 0 amide bonds. The van der Waals surface area contributed by atoms with E-state index in [1.807, 2.05) is 0 Å². The van der Waals surface area contributed by atoms with Gasteiger partial charge in [0.25, 0.3) is 0 Å². The molecule has 0 bridgehead atoms. The van der Waals surface area contributed by atoms with E-state index in [9.17, 15) is 4.79 Å². The Labute approximate surface area is 77.3 Å². The van der Waals surface area contributed by atoms with Gasteiger partial charge >= 0.3 is 6.16 Å². The van der Waals surface area contributed by atoms with Crippen molar-refractivity contribution in [2.75, 3.05) is 0 Å². The highest BCUT2D eigenvalue weighted by Gasteiger charge is 2.36. The molecule has 13 heavy (non-hydrogen) atoms. The van der Waals surface area contributed by atoms with E-state index in [2.05, 4.69) is 5.32 Å². The zero-order chi connectivity index (χ0) is 9.26. The van der Waals surface area contributed by atoms with Gasteiger partial charge in [-0.2, -0.15) is 0 Å². The van der Waals surface area contributed by atoms with Gasteiger partial charge in [0, 0.05) is 12.5 Å². The molecular formula is C9H15NO3. The number of fused-ring (bicyclic) bond motifs is 1. The molecule has 0 aromatic rings. The van der Waals surface area contributed by atoms with Gasteiger partial charge in [0.05, 0.1) is 0 Å². The molecule has 1 aliphatic carbocycles. The van der Waals surface area contributed by atoms with Crippen LogP contribution in [0.15, 0.2) is 0 Å². The Morgan fingerprint density at radius 1 is 1.38 bits per heavy atom. The third kappa shape index (κ3) is 1.94. The fourth-order valence-electron chi connectivity index (χ4n) is 2.49. The van der Waals surface area contributed by atoms with Gasteiger partial charge in [0.15, 0.2) is 6.23 Å². The number of ether oxygens (including phenoxy) is 1. The third-order valence-electron chi connectivity index (χ3n) is 3.07. The molecule has 0 unspecified atom stereocenters. The first-order chi connectivity index (χ1) is 6.25. The molecule has 0 spiro atoms. The van der Waals surface area contributed by atoms with Crippen LogP contribution in [0.3, 0.4) is 0 Å².